The lowest BCUT2D eigenvalue weighted by atomic mass is 10.2. The summed E-state index contributed by atoms with van der Waals surface area (Å²) in [6, 6.07) is 8.69. The Morgan fingerprint density at radius 3 is 2.78 bits per heavy atom. The van der Waals surface area contributed by atoms with Gasteiger partial charge >= 0.3 is 0 Å². The first-order valence-electron chi connectivity index (χ1n) is 7.05. The number of carbonyl (C=O) groups excluding carboxylic acids is 2. The molecule has 2 N–H and O–H groups in total. The van der Waals surface area contributed by atoms with E-state index in [2.05, 4.69) is 10.9 Å². The first-order valence-corrected chi connectivity index (χ1v) is 8.31. The Labute approximate surface area is 143 Å². The molecule has 0 unspecified atom stereocenters. The quantitative estimate of drug-likeness (QED) is 0.784. The smallest absolute Gasteiger partial charge is 0.273 e. The van der Waals surface area contributed by atoms with E-state index in [4.69, 9.17) is 16.3 Å². The van der Waals surface area contributed by atoms with Crippen LogP contribution in [-0.4, -0.2) is 18.9 Å². The minimum atomic E-state index is -0.454. The third-order valence-electron chi connectivity index (χ3n) is 3.13. The van der Waals surface area contributed by atoms with Gasteiger partial charge in [-0.05, 0) is 42.5 Å². The van der Waals surface area contributed by atoms with E-state index in [1.807, 2.05) is 17.5 Å². The van der Waals surface area contributed by atoms with Crippen LogP contribution in [0, 0.1) is 0 Å². The number of methoxy groups -OCH3 is 1. The Kier molecular flexibility index (Phi) is 6.43. The second-order valence-corrected chi connectivity index (χ2v) is 6.25. The maximum absolute atomic E-state index is 12.1. The Hall–Kier alpha value is -2.05. The summed E-state index contributed by atoms with van der Waals surface area (Å²) in [7, 11) is 1.45. The molecule has 0 atom stereocenters. The molecule has 0 fully saturated rings. The highest BCUT2D eigenvalue weighted by molar-refractivity contribution is 7.09. The molecule has 122 valence electrons. The Balaban J connectivity index is 1.78. The number of ether oxygens (including phenoxy) is 1. The van der Waals surface area contributed by atoms with Crippen LogP contribution in [0.25, 0.3) is 0 Å². The van der Waals surface area contributed by atoms with Crippen molar-refractivity contribution >= 4 is 34.8 Å². The lowest BCUT2D eigenvalue weighted by Gasteiger charge is -2.10. The Bertz CT molecular complexity index is 674. The van der Waals surface area contributed by atoms with E-state index in [1.165, 1.54) is 12.0 Å². The molecule has 2 aromatic rings. The van der Waals surface area contributed by atoms with Crippen LogP contribution in [-0.2, 0) is 11.2 Å². The zero-order chi connectivity index (χ0) is 16.7. The molecular weight excluding hydrogens is 336 g/mol. The van der Waals surface area contributed by atoms with Gasteiger partial charge in [0.25, 0.3) is 5.91 Å². The molecule has 7 heteroatoms. The molecule has 0 aliphatic rings. The van der Waals surface area contributed by atoms with E-state index >= 15 is 0 Å². The zero-order valence-corrected chi connectivity index (χ0v) is 14.2. The summed E-state index contributed by atoms with van der Waals surface area (Å²) in [6.45, 7) is 0. The predicted molar refractivity (Wildman–Crippen MR) is 90.9 cm³/mol. The van der Waals surface area contributed by atoms with Gasteiger partial charge in [-0.25, -0.2) is 0 Å². The van der Waals surface area contributed by atoms with Crippen molar-refractivity contribution in [2.45, 2.75) is 19.3 Å². The van der Waals surface area contributed by atoms with Gasteiger partial charge in [0, 0.05) is 16.3 Å². The third-order valence-corrected chi connectivity index (χ3v) is 4.30. The summed E-state index contributed by atoms with van der Waals surface area (Å²) in [6.07, 6.45) is 1.92. The molecule has 2 amide bonds. The van der Waals surface area contributed by atoms with Crippen molar-refractivity contribution in [3.05, 3.63) is 51.2 Å². The van der Waals surface area contributed by atoms with Gasteiger partial charge in [0.05, 0.1) is 12.7 Å². The monoisotopic (exact) mass is 352 g/mol. The number of halogens is 1. The van der Waals surface area contributed by atoms with Gasteiger partial charge in [0.1, 0.15) is 5.75 Å². The van der Waals surface area contributed by atoms with Crippen molar-refractivity contribution in [2.75, 3.05) is 7.11 Å². The molecule has 23 heavy (non-hydrogen) atoms. The molecular formula is C16H17ClN2O3S. The number of rotatable bonds is 6. The van der Waals surface area contributed by atoms with Crippen LogP contribution in [0.5, 0.6) is 5.75 Å². The van der Waals surface area contributed by atoms with Crippen molar-refractivity contribution in [2.24, 2.45) is 0 Å². The minimum Gasteiger partial charge on any atom is -0.496 e. The van der Waals surface area contributed by atoms with Gasteiger partial charge in [-0.15, -0.1) is 11.3 Å². The van der Waals surface area contributed by atoms with Crippen LogP contribution in [0.2, 0.25) is 5.02 Å². The van der Waals surface area contributed by atoms with E-state index < -0.39 is 5.91 Å². The van der Waals surface area contributed by atoms with Crippen LogP contribution in [0.15, 0.2) is 35.7 Å². The van der Waals surface area contributed by atoms with Crippen LogP contribution in [0.1, 0.15) is 28.1 Å². The summed E-state index contributed by atoms with van der Waals surface area (Å²) in [4.78, 5) is 25.0. The van der Waals surface area contributed by atoms with E-state index in [0.29, 0.717) is 22.8 Å². The molecule has 0 saturated carbocycles. The van der Waals surface area contributed by atoms with Crippen molar-refractivity contribution in [3.8, 4) is 5.75 Å². The lowest BCUT2D eigenvalue weighted by molar-refractivity contribution is -0.121. The number of benzene rings is 1. The van der Waals surface area contributed by atoms with E-state index in [9.17, 15) is 9.59 Å². The SMILES string of the molecule is COc1cc(Cl)ccc1C(=O)NNC(=O)CCCc1cccs1. The number of hydrogen-bond donors (Lipinski definition) is 2. The highest BCUT2D eigenvalue weighted by atomic mass is 35.5. The third kappa shape index (κ3) is 5.26. The number of amides is 2. The molecule has 0 bridgehead atoms. The molecule has 0 aliphatic carbocycles. The van der Waals surface area contributed by atoms with E-state index in [0.717, 1.165) is 12.8 Å². The Morgan fingerprint density at radius 2 is 2.09 bits per heavy atom. The van der Waals surface area contributed by atoms with Gasteiger partial charge in [0.2, 0.25) is 5.91 Å². The normalized spacial score (nSPS) is 10.2. The maximum atomic E-state index is 12.1. The molecule has 0 radical (unpaired) electrons. The van der Waals surface area contributed by atoms with Crippen LogP contribution >= 0.6 is 22.9 Å². The van der Waals surface area contributed by atoms with Gasteiger partial charge in [0.15, 0.2) is 0 Å². The van der Waals surface area contributed by atoms with Crippen LogP contribution < -0.4 is 15.6 Å². The average molecular weight is 353 g/mol. The molecule has 1 heterocycles. The second-order valence-electron chi connectivity index (χ2n) is 4.78. The second kappa shape index (κ2) is 8.55. The molecule has 0 spiro atoms. The number of nitrogens with one attached hydrogen (secondary N) is 2. The average Bonchev–Trinajstić information content (AvgIpc) is 3.05. The van der Waals surface area contributed by atoms with Crippen molar-refractivity contribution in [1.29, 1.82) is 0 Å². The number of carbonyl (C=O) groups is 2. The number of hydrogen-bond acceptors (Lipinski definition) is 4. The van der Waals surface area contributed by atoms with Crippen molar-refractivity contribution < 1.29 is 14.3 Å². The lowest BCUT2D eigenvalue weighted by Crippen LogP contribution is -2.41. The van der Waals surface area contributed by atoms with Gasteiger partial charge < -0.3 is 4.74 Å². The largest absolute Gasteiger partial charge is 0.496 e. The van der Waals surface area contributed by atoms with Crippen LogP contribution in [0.3, 0.4) is 0 Å². The molecule has 1 aromatic heterocycles. The number of aryl methyl sites for hydroxylation is 1. The molecule has 2 rings (SSSR count). The summed E-state index contributed by atoms with van der Waals surface area (Å²) < 4.78 is 5.10. The van der Waals surface area contributed by atoms with Gasteiger partial charge in [-0.3, -0.25) is 20.4 Å². The van der Waals surface area contributed by atoms with Gasteiger partial charge in [-0.1, -0.05) is 17.7 Å². The van der Waals surface area contributed by atoms with Crippen molar-refractivity contribution in [1.82, 2.24) is 10.9 Å². The summed E-state index contributed by atoms with van der Waals surface area (Å²) in [5.74, 6) is -0.338. The molecule has 5 nitrogen and oxygen atoms in total. The fourth-order valence-electron chi connectivity index (χ4n) is 1.99. The van der Waals surface area contributed by atoms with Crippen molar-refractivity contribution in [3.63, 3.8) is 0 Å². The Morgan fingerprint density at radius 1 is 1.26 bits per heavy atom. The summed E-state index contributed by atoms with van der Waals surface area (Å²) in [5.41, 5.74) is 5.08. The number of hydrazine groups is 1. The first kappa shape index (κ1) is 17.3. The topological polar surface area (TPSA) is 67.4 Å². The number of thiophene rings is 1. The fourth-order valence-corrected chi connectivity index (χ4v) is 2.90. The highest BCUT2D eigenvalue weighted by Crippen LogP contribution is 2.22. The first-order chi connectivity index (χ1) is 11.1. The standard InChI is InChI=1S/C16H17ClN2O3S/c1-22-14-10-11(17)7-8-13(14)16(21)19-18-15(20)6-2-4-12-5-3-9-23-12/h3,5,7-10H,2,4,6H2,1H3,(H,18,20)(H,19,21). The highest BCUT2D eigenvalue weighted by Gasteiger charge is 2.13. The van der Waals surface area contributed by atoms with Crippen LogP contribution in [0.4, 0.5) is 0 Å². The maximum Gasteiger partial charge on any atom is 0.273 e. The molecule has 0 aliphatic heterocycles. The predicted octanol–water partition coefficient (Wildman–Crippen LogP) is 3.19. The zero-order valence-electron chi connectivity index (χ0n) is 12.6. The minimum absolute atomic E-state index is 0.233. The fraction of sp³-hybridized carbons (Fsp3) is 0.250. The summed E-state index contributed by atoms with van der Waals surface area (Å²) in [5, 5.41) is 2.48. The van der Waals surface area contributed by atoms with E-state index in [1.54, 1.807) is 29.5 Å². The molecule has 0 saturated heterocycles. The summed E-state index contributed by atoms with van der Waals surface area (Å²) >= 11 is 7.52. The van der Waals surface area contributed by atoms with E-state index in [-0.39, 0.29) is 5.91 Å². The molecule has 1 aromatic carbocycles. The van der Waals surface area contributed by atoms with Gasteiger partial charge in [-0.2, -0.15) is 0 Å².